The maximum atomic E-state index is 12.4. The van der Waals surface area contributed by atoms with Crippen molar-refractivity contribution in [3.63, 3.8) is 0 Å². The van der Waals surface area contributed by atoms with Crippen molar-refractivity contribution in [2.24, 2.45) is 5.92 Å². The minimum atomic E-state index is -3.38. The van der Waals surface area contributed by atoms with Crippen LogP contribution in [0.3, 0.4) is 0 Å². The van der Waals surface area contributed by atoms with Gasteiger partial charge in [0.15, 0.2) is 0 Å². The van der Waals surface area contributed by atoms with Gasteiger partial charge in [0, 0.05) is 23.4 Å². The Bertz CT molecular complexity index is 513. The summed E-state index contributed by atoms with van der Waals surface area (Å²) in [6.07, 6.45) is 1.82. The first-order chi connectivity index (χ1) is 8.54. The van der Waals surface area contributed by atoms with Crippen molar-refractivity contribution in [1.29, 1.82) is 0 Å². The van der Waals surface area contributed by atoms with E-state index in [4.69, 9.17) is 11.6 Å². The molecule has 0 saturated carbocycles. The van der Waals surface area contributed by atoms with Crippen LogP contribution in [-0.2, 0) is 10.0 Å². The number of rotatable bonds is 3. The van der Waals surface area contributed by atoms with Crippen LogP contribution in [0.5, 0.6) is 0 Å². The fourth-order valence-corrected chi connectivity index (χ4v) is 4.50. The first kappa shape index (κ1) is 14.3. The first-order valence-corrected chi connectivity index (χ1v) is 8.79. The lowest BCUT2D eigenvalue weighted by molar-refractivity contribution is 0.292. The van der Waals surface area contributed by atoms with Crippen LogP contribution >= 0.6 is 27.5 Å². The van der Waals surface area contributed by atoms with Gasteiger partial charge in [-0.05, 0) is 37.0 Å². The minimum absolute atomic E-state index is 0.285. The van der Waals surface area contributed by atoms with E-state index in [0.29, 0.717) is 24.0 Å². The van der Waals surface area contributed by atoms with E-state index in [-0.39, 0.29) is 4.90 Å². The summed E-state index contributed by atoms with van der Waals surface area (Å²) in [6.45, 7) is 1.18. The molecule has 1 aliphatic heterocycles. The smallest absolute Gasteiger partial charge is 0.207 e. The van der Waals surface area contributed by atoms with Crippen LogP contribution in [0, 0.1) is 5.92 Å². The summed E-state index contributed by atoms with van der Waals surface area (Å²) in [4.78, 5) is 0.285. The van der Waals surface area contributed by atoms with Crippen molar-refractivity contribution >= 4 is 37.6 Å². The third-order valence-electron chi connectivity index (χ3n) is 3.23. The monoisotopic (exact) mass is 351 g/mol. The molecular weight excluding hydrogens is 338 g/mol. The van der Waals surface area contributed by atoms with E-state index < -0.39 is 10.0 Å². The summed E-state index contributed by atoms with van der Waals surface area (Å²) in [5, 5.41) is 1.39. The fourth-order valence-electron chi connectivity index (χ4n) is 2.08. The van der Waals surface area contributed by atoms with E-state index in [0.717, 1.165) is 18.2 Å². The van der Waals surface area contributed by atoms with Crippen molar-refractivity contribution in [3.8, 4) is 0 Å². The van der Waals surface area contributed by atoms with Crippen LogP contribution in [0.1, 0.15) is 12.8 Å². The highest BCUT2D eigenvalue weighted by Gasteiger charge is 2.28. The zero-order chi connectivity index (χ0) is 13.2. The summed E-state index contributed by atoms with van der Waals surface area (Å²) >= 11 is 9.30. The van der Waals surface area contributed by atoms with Gasteiger partial charge in [-0.2, -0.15) is 4.31 Å². The molecule has 2 rings (SSSR count). The molecule has 3 nitrogen and oxygen atoms in total. The molecule has 0 aromatic heterocycles. The number of nitrogens with zero attached hydrogens (tertiary/aromatic N) is 1. The summed E-state index contributed by atoms with van der Waals surface area (Å²) in [5.41, 5.74) is 0. The van der Waals surface area contributed by atoms with Gasteiger partial charge in [-0.1, -0.05) is 33.6 Å². The average molecular weight is 353 g/mol. The van der Waals surface area contributed by atoms with Gasteiger partial charge in [-0.25, -0.2) is 8.42 Å². The molecule has 0 spiro atoms. The Labute approximate surface area is 121 Å². The van der Waals surface area contributed by atoms with E-state index in [1.807, 2.05) is 0 Å². The van der Waals surface area contributed by atoms with E-state index in [9.17, 15) is 8.42 Å². The topological polar surface area (TPSA) is 37.4 Å². The third-order valence-corrected chi connectivity index (χ3v) is 6.27. The van der Waals surface area contributed by atoms with Crippen LogP contribution in [0.25, 0.3) is 0 Å². The molecule has 0 radical (unpaired) electrons. The van der Waals surface area contributed by atoms with Gasteiger partial charge < -0.3 is 0 Å². The van der Waals surface area contributed by atoms with Crippen molar-refractivity contribution in [2.45, 2.75) is 17.7 Å². The molecule has 100 valence electrons. The minimum Gasteiger partial charge on any atom is -0.207 e. The molecule has 0 N–H and O–H groups in total. The number of hydrogen-bond acceptors (Lipinski definition) is 2. The third kappa shape index (κ3) is 3.07. The highest BCUT2D eigenvalue weighted by atomic mass is 79.9. The molecule has 18 heavy (non-hydrogen) atoms. The second-order valence-corrected chi connectivity index (χ2v) is 7.48. The Morgan fingerprint density at radius 1 is 1.33 bits per heavy atom. The van der Waals surface area contributed by atoms with Gasteiger partial charge in [0.05, 0.1) is 4.90 Å². The van der Waals surface area contributed by atoms with E-state index >= 15 is 0 Å². The molecule has 0 bridgehead atoms. The Morgan fingerprint density at radius 2 is 2.00 bits per heavy atom. The van der Waals surface area contributed by atoms with Crippen LogP contribution in [0.2, 0.25) is 5.02 Å². The van der Waals surface area contributed by atoms with Crippen molar-refractivity contribution in [2.75, 3.05) is 18.4 Å². The summed E-state index contributed by atoms with van der Waals surface area (Å²) < 4.78 is 26.3. The van der Waals surface area contributed by atoms with Crippen LogP contribution in [-0.4, -0.2) is 31.1 Å². The molecule has 6 heteroatoms. The molecule has 0 aliphatic carbocycles. The largest absolute Gasteiger partial charge is 0.243 e. The lowest BCUT2D eigenvalue weighted by Crippen LogP contribution is -2.38. The predicted octanol–water partition coefficient (Wildman–Crippen LogP) is 3.14. The van der Waals surface area contributed by atoms with Gasteiger partial charge in [-0.15, -0.1) is 0 Å². The second kappa shape index (κ2) is 5.90. The summed E-state index contributed by atoms with van der Waals surface area (Å²) in [7, 11) is -3.38. The maximum Gasteiger partial charge on any atom is 0.243 e. The quantitative estimate of drug-likeness (QED) is 0.784. The van der Waals surface area contributed by atoms with Gasteiger partial charge in [0.2, 0.25) is 10.0 Å². The number of halogens is 2. The maximum absolute atomic E-state index is 12.4. The van der Waals surface area contributed by atoms with E-state index in [1.165, 1.54) is 6.07 Å². The predicted molar refractivity (Wildman–Crippen MR) is 76.7 cm³/mol. The molecule has 1 heterocycles. The van der Waals surface area contributed by atoms with Crippen LogP contribution in [0.15, 0.2) is 29.2 Å². The lowest BCUT2D eigenvalue weighted by Gasteiger charge is -2.30. The van der Waals surface area contributed by atoms with Crippen molar-refractivity contribution in [3.05, 3.63) is 29.3 Å². The Morgan fingerprint density at radius 3 is 2.56 bits per heavy atom. The average Bonchev–Trinajstić information content (AvgIpc) is 2.39. The number of hydrogen-bond donors (Lipinski definition) is 0. The normalized spacial score (nSPS) is 19.0. The Balaban J connectivity index is 2.17. The molecule has 1 fully saturated rings. The van der Waals surface area contributed by atoms with Crippen molar-refractivity contribution in [1.82, 2.24) is 4.31 Å². The van der Waals surface area contributed by atoms with Gasteiger partial charge in [0.25, 0.3) is 0 Å². The zero-order valence-corrected chi connectivity index (χ0v) is 13.0. The first-order valence-electron chi connectivity index (χ1n) is 5.85. The van der Waals surface area contributed by atoms with Gasteiger partial charge in [-0.3, -0.25) is 0 Å². The SMILES string of the molecule is O=S(=O)(c1cccc(Cl)c1)N1CCC(CBr)CC1. The van der Waals surface area contributed by atoms with Crippen LogP contribution in [0.4, 0.5) is 0 Å². The number of piperidine rings is 1. The molecule has 1 aliphatic rings. The molecular formula is C12H15BrClNO2S. The highest BCUT2D eigenvalue weighted by Crippen LogP contribution is 2.25. The number of alkyl halides is 1. The molecule has 1 saturated heterocycles. The lowest BCUT2D eigenvalue weighted by atomic mass is 10.0. The molecule has 0 unspecified atom stereocenters. The zero-order valence-electron chi connectivity index (χ0n) is 9.85. The van der Waals surface area contributed by atoms with Gasteiger partial charge in [0.1, 0.15) is 0 Å². The molecule has 0 amide bonds. The second-order valence-electron chi connectivity index (χ2n) is 4.46. The highest BCUT2D eigenvalue weighted by molar-refractivity contribution is 9.09. The van der Waals surface area contributed by atoms with E-state index in [1.54, 1.807) is 22.5 Å². The van der Waals surface area contributed by atoms with Crippen molar-refractivity contribution < 1.29 is 8.42 Å². The number of benzene rings is 1. The Hall–Kier alpha value is -0.100. The Kier molecular flexibility index (Phi) is 4.69. The standard InChI is InChI=1S/C12H15BrClNO2S/c13-9-10-4-6-15(7-5-10)18(16,17)12-3-1-2-11(14)8-12/h1-3,8,10H,4-7,9H2. The fraction of sp³-hybridized carbons (Fsp3) is 0.500. The van der Waals surface area contributed by atoms with E-state index in [2.05, 4.69) is 15.9 Å². The molecule has 1 aromatic rings. The summed E-state index contributed by atoms with van der Waals surface area (Å²) in [5.74, 6) is 0.579. The molecule has 0 atom stereocenters. The number of sulfonamides is 1. The molecule has 1 aromatic carbocycles. The van der Waals surface area contributed by atoms with Crippen LogP contribution < -0.4 is 0 Å². The van der Waals surface area contributed by atoms with Gasteiger partial charge >= 0.3 is 0 Å². The summed E-state index contributed by atoms with van der Waals surface area (Å²) in [6, 6.07) is 6.45.